The first-order valence-corrected chi connectivity index (χ1v) is 8.56. The lowest BCUT2D eigenvalue weighted by atomic mass is 9.87. The largest absolute Gasteiger partial charge is 0.461 e. The van der Waals surface area contributed by atoms with Crippen LogP contribution in [0.25, 0.3) is 0 Å². The minimum Gasteiger partial charge on any atom is -0.461 e. The van der Waals surface area contributed by atoms with E-state index in [1.807, 2.05) is 0 Å². The van der Waals surface area contributed by atoms with Gasteiger partial charge in [-0.1, -0.05) is 0 Å². The predicted octanol–water partition coefficient (Wildman–Crippen LogP) is 1.78. The fourth-order valence-electron chi connectivity index (χ4n) is 3.75. The molecule has 2 saturated heterocycles. The average Bonchev–Trinajstić information content (AvgIpc) is 3.02. The third-order valence-electron chi connectivity index (χ3n) is 5.13. The topological polar surface area (TPSA) is 59.6 Å². The molecule has 0 bridgehead atoms. The lowest BCUT2D eigenvalue weighted by Gasteiger charge is -2.40. The van der Waals surface area contributed by atoms with E-state index in [4.69, 9.17) is 9.47 Å². The van der Waals surface area contributed by atoms with Crippen molar-refractivity contribution in [2.75, 3.05) is 26.3 Å². The molecule has 0 spiro atoms. The van der Waals surface area contributed by atoms with E-state index in [2.05, 4.69) is 10.6 Å². The van der Waals surface area contributed by atoms with Gasteiger partial charge in [0.25, 0.3) is 0 Å². The molecule has 0 unspecified atom stereocenters. The molecule has 5 nitrogen and oxygen atoms in total. The standard InChI is InChI=1S/C16H28N2O3.ClH/c19-15(21-14-3-1-2-4-14)16(7-11-20-12-8-16)18-13-5-9-17-10-6-13;/h13-14,17-18H,1-12H2;1H. The monoisotopic (exact) mass is 332 g/mol. The fourth-order valence-corrected chi connectivity index (χ4v) is 3.75. The highest BCUT2D eigenvalue weighted by molar-refractivity contribution is 5.85. The summed E-state index contributed by atoms with van der Waals surface area (Å²) >= 11 is 0. The summed E-state index contributed by atoms with van der Waals surface area (Å²) in [5, 5.41) is 7.02. The van der Waals surface area contributed by atoms with Crippen molar-refractivity contribution in [2.24, 2.45) is 0 Å². The Bertz CT molecular complexity index is 349. The summed E-state index contributed by atoms with van der Waals surface area (Å²) in [6, 6.07) is 0.417. The van der Waals surface area contributed by atoms with E-state index in [1.54, 1.807) is 0 Å². The number of hydrogen-bond acceptors (Lipinski definition) is 5. The van der Waals surface area contributed by atoms with Crippen LogP contribution in [0.4, 0.5) is 0 Å². The summed E-state index contributed by atoms with van der Waals surface area (Å²) in [4.78, 5) is 12.8. The van der Waals surface area contributed by atoms with Crippen molar-refractivity contribution in [3.63, 3.8) is 0 Å². The second-order valence-electron chi connectivity index (χ2n) is 6.67. The van der Waals surface area contributed by atoms with Crippen LogP contribution in [0.5, 0.6) is 0 Å². The summed E-state index contributed by atoms with van der Waals surface area (Å²) < 4.78 is 11.3. The van der Waals surface area contributed by atoms with Crippen LogP contribution in [0.3, 0.4) is 0 Å². The molecule has 0 amide bonds. The van der Waals surface area contributed by atoms with E-state index in [0.717, 1.165) is 51.6 Å². The molecule has 2 heterocycles. The third kappa shape index (κ3) is 4.34. The van der Waals surface area contributed by atoms with Crippen LogP contribution in [0, 0.1) is 0 Å². The molecule has 2 N–H and O–H groups in total. The average molecular weight is 333 g/mol. The van der Waals surface area contributed by atoms with Gasteiger partial charge in [0, 0.05) is 19.3 Å². The van der Waals surface area contributed by atoms with Gasteiger partial charge in [-0.15, -0.1) is 12.4 Å². The molecule has 0 atom stereocenters. The third-order valence-corrected chi connectivity index (χ3v) is 5.13. The summed E-state index contributed by atoms with van der Waals surface area (Å²) in [6.45, 7) is 3.36. The molecule has 0 aromatic carbocycles. The van der Waals surface area contributed by atoms with Crippen LogP contribution in [0.2, 0.25) is 0 Å². The molecule has 3 rings (SSSR count). The van der Waals surface area contributed by atoms with Gasteiger partial charge >= 0.3 is 5.97 Å². The second-order valence-corrected chi connectivity index (χ2v) is 6.67. The second kappa shape index (κ2) is 8.48. The van der Waals surface area contributed by atoms with Crippen LogP contribution in [0.1, 0.15) is 51.4 Å². The quantitative estimate of drug-likeness (QED) is 0.769. The van der Waals surface area contributed by atoms with Crippen LogP contribution in [-0.4, -0.2) is 50.0 Å². The highest BCUT2D eigenvalue weighted by Gasteiger charge is 2.44. The number of halogens is 1. The first-order valence-electron chi connectivity index (χ1n) is 8.56. The molecular weight excluding hydrogens is 304 g/mol. The number of piperidine rings is 1. The zero-order valence-electron chi connectivity index (χ0n) is 13.3. The minimum absolute atomic E-state index is 0. The predicted molar refractivity (Wildman–Crippen MR) is 87.4 cm³/mol. The van der Waals surface area contributed by atoms with Crippen molar-refractivity contribution in [1.82, 2.24) is 10.6 Å². The minimum atomic E-state index is -0.511. The van der Waals surface area contributed by atoms with E-state index in [0.29, 0.717) is 19.3 Å². The van der Waals surface area contributed by atoms with Crippen molar-refractivity contribution in [3.8, 4) is 0 Å². The van der Waals surface area contributed by atoms with Crippen LogP contribution < -0.4 is 10.6 Å². The summed E-state index contributed by atoms with van der Waals surface area (Å²) in [7, 11) is 0. The van der Waals surface area contributed by atoms with Gasteiger partial charge in [-0.05, 0) is 64.5 Å². The molecule has 2 aliphatic heterocycles. The highest BCUT2D eigenvalue weighted by Crippen LogP contribution is 2.28. The lowest BCUT2D eigenvalue weighted by Crippen LogP contribution is -2.61. The number of nitrogens with one attached hydrogen (secondary N) is 2. The smallest absolute Gasteiger partial charge is 0.326 e. The summed E-state index contributed by atoms with van der Waals surface area (Å²) in [6.07, 6.45) is 8.24. The Morgan fingerprint density at radius 1 is 1.09 bits per heavy atom. The van der Waals surface area contributed by atoms with Gasteiger partial charge in [0.1, 0.15) is 11.6 Å². The Hall–Kier alpha value is -0.360. The molecule has 0 aromatic heterocycles. The zero-order valence-corrected chi connectivity index (χ0v) is 14.1. The number of carbonyl (C=O) groups excluding carboxylic acids is 1. The zero-order chi connectivity index (χ0) is 14.5. The number of esters is 1. The van der Waals surface area contributed by atoms with E-state index in [9.17, 15) is 4.79 Å². The number of hydrogen-bond donors (Lipinski definition) is 2. The van der Waals surface area contributed by atoms with Crippen LogP contribution in [-0.2, 0) is 14.3 Å². The Morgan fingerprint density at radius 3 is 2.36 bits per heavy atom. The maximum absolute atomic E-state index is 12.8. The van der Waals surface area contributed by atoms with Gasteiger partial charge in [-0.2, -0.15) is 0 Å². The van der Waals surface area contributed by atoms with Gasteiger partial charge in [0.15, 0.2) is 0 Å². The molecule has 3 aliphatic rings. The molecular formula is C16H29ClN2O3. The maximum Gasteiger partial charge on any atom is 0.326 e. The molecule has 22 heavy (non-hydrogen) atoms. The summed E-state index contributed by atoms with van der Waals surface area (Å²) in [5.41, 5.74) is -0.511. The van der Waals surface area contributed by atoms with E-state index >= 15 is 0 Å². The summed E-state index contributed by atoms with van der Waals surface area (Å²) in [5.74, 6) is -0.0313. The van der Waals surface area contributed by atoms with Crippen molar-refractivity contribution < 1.29 is 14.3 Å². The van der Waals surface area contributed by atoms with Gasteiger partial charge in [0.2, 0.25) is 0 Å². The molecule has 3 fully saturated rings. The first-order chi connectivity index (χ1) is 10.3. The first kappa shape index (κ1) is 18.0. The fraction of sp³-hybridized carbons (Fsp3) is 0.938. The molecule has 0 aromatic rings. The number of rotatable bonds is 4. The molecule has 6 heteroatoms. The van der Waals surface area contributed by atoms with Crippen molar-refractivity contribution >= 4 is 18.4 Å². The Balaban J connectivity index is 0.00000176. The van der Waals surface area contributed by atoms with E-state index in [1.165, 1.54) is 12.8 Å². The van der Waals surface area contributed by atoms with Crippen LogP contribution in [0.15, 0.2) is 0 Å². The van der Waals surface area contributed by atoms with Gasteiger partial charge in [-0.3, -0.25) is 10.1 Å². The van der Waals surface area contributed by atoms with Crippen molar-refractivity contribution in [1.29, 1.82) is 0 Å². The van der Waals surface area contributed by atoms with Gasteiger partial charge < -0.3 is 14.8 Å². The molecule has 1 aliphatic carbocycles. The van der Waals surface area contributed by atoms with Crippen molar-refractivity contribution in [2.45, 2.75) is 69.1 Å². The SMILES string of the molecule is Cl.O=C(OC1CCCC1)C1(NC2CCNCC2)CCOCC1. The Labute approximate surface area is 139 Å². The Morgan fingerprint density at radius 2 is 1.73 bits per heavy atom. The molecule has 1 saturated carbocycles. The van der Waals surface area contributed by atoms with E-state index in [-0.39, 0.29) is 24.5 Å². The normalized spacial score (nSPS) is 26.4. The van der Waals surface area contributed by atoms with E-state index < -0.39 is 5.54 Å². The highest BCUT2D eigenvalue weighted by atomic mass is 35.5. The maximum atomic E-state index is 12.8. The van der Waals surface area contributed by atoms with Gasteiger partial charge in [-0.25, -0.2) is 0 Å². The van der Waals surface area contributed by atoms with Crippen molar-refractivity contribution in [3.05, 3.63) is 0 Å². The number of carbonyl (C=O) groups is 1. The molecule has 128 valence electrons. The van der Waals surface area contributed by atoms with Gasteiger partial charge in [0.05, 0.1) is 0 Å². The van der Waals surface area contributed by atoms with Crippen LogP contribution >= 0.6 is 12.4 Å². The molecule has 0 radical (unpaired) electrons. The number of ether oxygens (including phenoxy) is 2. The lowest BCUT2D eigenvalue weighted by molar-refractivity contribution is -0.162. The Kier molecular flexibility index (Phi) is 6.93.